The molecular formula is C20H28N4O3. The third kappa shape index (κ3) is 6.86. The van der Waals surface area contributed by atoms with Crippen molar-refractivity contribution in [1.82, 2.24) is 15.4 Å². The van der Waals surface area contributed by atoms with Gasteiger partial charge in [0.2, 0.25) is 17.7 Å². The molecule has 1 heterocycles. The van der Waals surface area contributed by atoms with Crippen LogP contribution in [0.25, 0.3) is 11.3 Å². The van der Waals surface area contributed by atoms with Crippen LogP contribution < -0.4 is 10.6 Å². The Balaban J connectivity index is 1.90. The highest BCUT2D eigenvalue weighted by Crippen LogP contribution is 2.22. The lowest BCUT2D eigenvalue weighted by Gasteiger charge is -2.24. The fourth-order valence-electron chi connectivity index (χ4n) is 2.51. The minimum Gasteiger partial charge on any atom is -0.350 e. The molecule has 0 radical (unpaired) electrons. The molecule has 2 aromatic rings. The molecule has 0 unspecified atom stereocenters. The van der Waals surface area contributed by atoms with E-state index >= 15 is 0 Å². The van der Waals surface area contributed by atoms with E-state index < -0.39 is 0 Å². The summed E-state index contributed by atoms with van der Waals surface area (Å²) in [6.45, 7) is 10.5. The van der Waals surface area contributed by atoms with Gasteiger partial charge in [0, 0.05) is 17.2 Å². The molecule has 0 spiro atoms. The molecule has 0 aliphatic rings. The van der Waals surface area contributed by atoms with Crippen molar-refractivity contribution >= 4 is 17.7 Å². The number of likely N-dealkylation sites (N-methyl/N-ethyl adjacent to an activating group) is 1. The van der Waals surface area contributed by atoms with Gasteiger partial charge in [0.25, 0.3) is 0 Å². The summed E-state index contributed by atoms with van der Waals surface area (Å²) in [5.74, 6) is -0.0868. The molecule has 146 valence electrons. The zero-order chi connectivity index (χ0) is 20.0. The molecular weight excluding hydrogens is 344 g/mol. The molecule has 0 saturated heterocycles. The van der Waals surface area contributed by atoms with E-state index in [0.29, 0.717) is 12.2 Å². The second kappa shape index (κ2) is 8.81. The van der Waals surface area contributed by atoms with E-state index in [0.717, 1.165) is 11.1 Å². The van der Waals surface area contributed by atoms with E-state index in [-0.39, 0.29) is 36.3 Å². The van der Waals surface area contributed by atoms with Crippen LogP contribution in [-0.4, -0.2) is 47.0 Å². The third-order valence-electron chi connectivity index (χ3n) is 3.82. The summed E-state index contributed by atoms with van der Waals surface area (Å²) in [7, 11) is 0. The largest absolute Gasteiger partial charge is 0.350 e. The lowest BCUT2D eigenvalue weighted by Crippen LogP contribution is -2.47. The topological polar surface area (TPSA) is 87.5 Å². The van der Waals surface area contributed by atoms with E-state index in [1.54, 1.807) is 11.0 Å². The van der Waals surface area contributed by atoms with Crippen molar-refractivity contribution < 1.29 is 14.1 Å². The van der Waals surface area contributed by atoms with Crippen molar-refractivity contribution in [1.29, 1.82) is 0 Å². The highest BCUT2D eigenvalue weighted by atomic mass is 16.5. The lowest BCUT2D eigenvalue weighted by molar-refractivity contribution is -0.124. The Morgan fingerprint density at radius 2 is 1.74 bits per heavy atom. The number of rotatable bonds is 7. The Labute approximate surface area is 160 Å². The normalized spacial score (nSPS) is 11.5. The molecule has 0 aliphatic carbocycles. The average Bonchev–Trinajstić information content (AvgIpc) is 3.01. The second-order valence-electron chi connectivity index (χ2n) is 7.59. The van der Waals surface area contributed by atoms with Crippen LogP contribution in [0.2, 0.25) is 0 Å². The molecule has 7 nitrogen and oxygen atoms in total. The predicted molar refractivity (Wildman–Crippen MR) is 105 cm³/mol. The van der Waals surface area contributed by atoms with Crippen molar-refractivity contribution in [2.24, 2.45) is 0 Å². The molecule has 2 rings (SSSR count). The van der Waals surface area contributed by atoms with Gasteiger partial charge in [-0.05, 0) is 34.2 Å². The first kappa shape index (κ1) is 20.6. The standard InChI is InChI=1S/C20H28N4O3/c1-6-24(13-18(26)22-20(3,4)5)12-17(25)21-19-11-16(23-27-19)15-9-7-14(2)8-10-15/h7-11H,6,12-13H2,1-5H3,(H,21,25)(H,22,26). The average molecular weight is 372 g/mol. The van der Waals surface area contributed by atoms with E-state index in [9.17, 15) is 9.59 Å². The molecule has 27 heavy (non-hydrogen) atoms. The quantitative estimate of drug-likeness (QED) is 0.780. The van der Waals surface area contributed by atoms with Gasteiger partial charge in [-0.15, -0.1) is 0 Å². The summed E-state index contributed by atoms with van der Waals surface area (Å²) >= 11 is 0. The van der Waals surface area contributed by atoms with E-state index in [2.05, 4.69) is 15.8 Å². The van der Waals surface area contributed by atoms with Crippen LogP contribution in [-0.2, 0) is 9.59 Å². The molecule has 0 fully saturated rings. The Morgan fingerprint density at radius 1 is 1.11 bits per heavy atom. The van der Waals surface area contributed by atoms with Crippen molar-refractivity contribution in [3.05, 3.63) is 35.9 Å². The predicted octanol–water partition coefficient (Wildman–Crippen LogP) is 2.83. The number of nitrogens with one attached hydrogen (secondary N) is 2. The highest BCUT2D eigenvalue weighted by molar-refractivity contribution is 5.91. The first-order valence-corrected chi connectivity index (χ1v) is 9.03. The zero-order valence-corrected chi connectivity index (χ0v) is 16.6. The Morgan fingerprint density at radius 3 is 2.33 bits per heavy atom. The van der Waals surface area contributed by atoms with Crippen LogP contribution in [0.3, 0.4) is 0 Å². The minimum atomic E-state index is -0.301. The van der Waals surface area contributed by atoms with Gasteiger partial charge in [0.1, 0.15) is 5.69 Å². The SMILES string of the molecule is CCN(CC(=O)Nc1cc(-c2ccc(C)cc2)no1)CC(=O)NC(C)(C)C. The van der Waals surface area contributed by atoms with Gasteiger partial charge >= 0.3 is 0 Å². The number of carbonyl (C=O) groups excluding carboxylic acids is 2. The van der Waals surface area contributed by atoms with Crippen LogP contribution in [0.15, 0.2) is 34.9 Å². The van der Waals surface area contributed by atoms with E-state index in [4.69, 9.17) is 4.52 Å². The van der Waals surface area contributed by atoms with Crippen molar-refractivity contribution in [3.63, 3.8) is 0 Å². The van der Waals surface area contributed by atoms with Gasteiger partial charge in [0.05, 0.1) is 13.1 Å². The highest BCUT2D eigenvalue weighted by Gasteiger charge is 2.18. The number of anilines is 1. The molecule has 0 bridgehead atoms. The molecule has 2 N–H and O–H groups in total. The fourth-order valence-corrected chi connectivity index (χ4v) is 2.51. The molecule has 2 amide bonds. The van der Waals surface area contributed by atoms with Gasteiger partial charge in [-0.25, -0.2) is 0 Å². The fraction of sp³-hybridized carbons (Fsp3) is 0.450. The van der Waals surface area contributed by atoms with Gasteiger partial charge in [0.15, 0.2) is 0 Å². The summed E-state index contributed by atoms with van der Waals surface area (Å²) in [6, 6.07) is 9.57. The molecule has 0 saturated carbocycles. The smallest absolute Gasteiger partial charge is 0.240 e. The summed E-state index contributed by atoms with van der Waals surface area (Å²) in [6.07, 6.45) is 0. The van der Waals surface area contributed by atoms with E-state index in [1.807, 2.05) is 58.9 Å². The molecule has 0 aliphatic heterocycles. The zero-order valence-electron chi connectivity index (χ0n) is 16.6. The van der Waals surface area contributed by atoms with Gasteiger partial charge in [-0.3, -0.25) is 19.8 Å². The second-order valence-corrected chi connectivity index (χ2v) is 7.59. The summed E-state index contributed by atoms with van der Waals surface area (Å²) < 4.78 is 5.20. The van der Waals surface area contributed by atoms with Gasteiger partial charge in [-0.2, -0.15) is 0 Å². The molecule has 1 aromatic carbocycles. The molecule has 7 heteroatoms. The lowest BCUT2D eigenvalue weighted by atomic mass is 10.1. The van der Waals surface area contributed by atoms with Crippen molar-refractivity contribution in [2.45, 2.75) is 40.2 Å². The van der Waals surface area contributed by atoms with Gasteiger partial charge < -0.3 is 9.84 Å². The number of hydrogen-bond donors (Lipinski definition) is 2. The van der Waals surface area contributed by atoms with Crippen molar-refractivity contribution in [2.75, 3.05) is 25.0 Å². The van der Waals surface area contributed by atoms with Crippen LogP contribution in [0.4, 0.5) is 5.88 Å². The third-order valence-corrected chi connectivity index (χ3v) is 3.82. The van der Waals surface area contributed by atoms with E-state index in [1.165, 1.54) is 0 Å². The van der Waals surface area contributed by atoms with Crippen LogP contribution in [0, 0.1) is 6.92 Å². The number of carbonyl (C=O) groups is 2. The number of nitrogens with zero attached hydrogens (tertiary/aromatic N) is 2. The summed E-state index contributed by atoms with van der Waals surface area (Å²) in [5, 5.41) is 9.57. The first-order chi connectivity index (χ1) is 12.7. The Hall–Kier alpha value is -2.67. The monoisotopic (exact) mass is 372 g/mol. The van der Waals surface area contributed by atoms with Gasteiger partial charge in [-0.1, -0.05) is 41.9 Å². The number of benzene rings is 1. The molecule has 0 atom stereocenters. The first-order valence-electron chi connectivity index (χ1n) is 9.03. The number of aryl methyl sites for hydroxylation is 1. The van der Waals surface area contributed by atoms with Crippen LogP contribution in [0.1, 0.15) is 33.3 Å². The summed E-state index contributed by atoms with van der Waals surface area (Å²) in [4.78, 5) is 26.1. The number of hydrogen-bond acceptors (Lipinski definition) is 5. The van der Waals surface area contributed by atoms with Crippen LogP contribution >= 0.6 is 0 Å². The maximum Gasteiger partial charge on any atom is 0.240 e. The van der Waals surface area contributed by atoms with Crippen molar-refractivity contribution in [3.8, 4) is 11.3 Å². The molecule has 1 aromatic heterocycles. The maximum absolute atomic E-state index is 12.3. The number of amides is 2. The number of aromatic nitrogens is 1. The van der Waals surface area contributed by atoms with Crippen LogP contribution in [0.5, 0.6) is 0 Å². The summed E-state index contributed by atoms with van der Waals surface area (Å²) in [5.41, 5.74) is 2.43. The Bertz CT molecular complexity index is 775. The maximum atomic E-state index is 12.3. The Kier molecular flexibility index (Phi) is 6.74. The minimum absolute atomic E-state index is 0.0919.